The number of para-hydroxylation sites is 1. The molecule has 12 heteroatoms. The molecule has 1 aromatic carbocycles. The highest BCUT2D eigenvalue weighted by Gasteiger charge is 2.29. The number of benzene rings is 1. The number of halogens is 3. The van der Waals surface area contributed by atoms with Gasteiger partial charge >= 0.3 is 6.18 Å². The Balaban J connectivity index is 0.000000583. The Hall–Kier alpha value is -2.54. The number of aliphatic hydroxyl groups is 3. The Morgan fingerprint density at radius 1 is 1.06 bits per heavy atom. The van der Waals surface area contributed by atoms with Crippen LogP contribution in [0.15, 0.2) is 24.3 Å². The lowest BCUT2D eigenvalue weighted by molar-refractivity contribution is -0.127. The molecule has 2 aromatic heterocycles. The fourth-order valence-electron chi connectivity index (χ4n) is 3.45. The quantitative estimate of drug-likeness (QED) is 0.290. The van der Waals surface area contributed by atoms with Crippen molar-refractivity contribution in [2.75, 3.05) is 17.2 Å². The molecule has 200 valence electrons. The standard InChI is InChI=1S/C19H20F3N5OS.C3H8O2.C2H6/c1-10-15(17-26-13-4-2-3-5-14(13)29-17)16(25-11-6-7-12(28)8-11)27-18(24-10)23-9-19(20,21)22;1-3(2,4)5;1-2/h2-5,11-12,28H,6-9H2,1H3,(H2,23,24,25,27);4-5H,1-2H3;1-2H3. The molecule has 4 rings (SSSR count). The molecular weight excluding hydrogens is 495 g/mol. The van der Waals surface area contributed by atoms with E-state index in [1.165, 1.54) is 25.2 Å². The predicted molar refractivity (Wildman–Crippen MR) is 137 cm³/mol. The molecule has 8 nitrogen and oxygen atoms in total. The number of aromatic nitrogens is 3. The Kier molecular flexibility index (Phi) is 10.4. The fourth-order valence-corrected chi connectivity index (χ4v) is 4.52. The maximum atomic E-state index is 12.6. The van der Waals surface area contributed by atoms with Gasteiger partial charge in [0.05, 0.1) is 27.6 Å². The van der Waals surface area contributed by atoms with Gasteiger partial charge in [0.1, 0.15) is 17.4 Å². The van der Waals surface area contributed by atoms with Gasteiger partial charge in [-0.1, -0.05) is 26.0 Å². The molecule has 5 N–H and O–H groups in total. The smallest absolute Gasteiger partial charge is 0.393 e. The van der Waals surface area contributed by atoms with Crippen molar-refractivity contribution in [3.05, 3.63) is 30.0 Å². The summed E-state index contributed by atoms with van der Waals surface area (Å²) >= 11 is 1.48. The lowest BCUT2D eigenvalue weighted by Gasteiger charge is -2.18. The predicted octanol–water partition coefficient (Wildman–Crippen LogP) is 5.09. The molecule has 36 heavy (non-hydrogen) atoms. The van der Waals surface area contributed by atoms with Crippen LogP contribution in [0.3, 0.4) is 0 Å². The van der Waals surface area contributed by atoms with E-state index in [1.54, 1.807) is 6.92 Å². The summed E-state index contributed by atoms with van der Waals surface area (Å²) in [5, 5.41) is 32.2. The zero-order chi connectivity index (χ0) is 27.1. The molecule has 2 atom stereocenters. The number of hydrogen-bond donors (Lipinski definition) is 5. The Morgan fingerprint density at radius 2 is 1.69 bits per heavy atom. The molecule has 3 aromatic rings. The van der Waals surface area contributed by atoms with Crippen LogP contribution in [-0.4, -0.2) is 60.9 Å². The van der Waals surface area contributed by atoms with Gasteiger partial charge in [-0.3, -0.25) is 0 Å². The van der Waals surface area contributed by atoms with Crippen LogP contribution >= 0.6 is 11.3 Å². The van der Waals surface area contributed by atoms with Crippen LogP contribution < -0.4 is 10.6 Å². The number of nitrogens with zero attached hydrogens (tertiary/aromatic N) is 3. The van der Waals surface area contributed by atoms with E-state index >= 15 is 0 Å². The second-order valence-electron chi connectivity index (χ2n) is 8.61. The first-order valence-electron chi connectivity index (χ1n) is 11.7. The molecule has 0 spiro atoms. The molecule has 0 saturated heterocycles. The first kappa shape index (κ1) is 29.7. The van der Waals surface area contributed by atoms with Crippen molar-refractivity contribution in [1.82, 2.24) is 15.0 Å². The van der Waals surface area contributed by atoms with Gasteiger partial charge in [0.15, 0.2) is 5.79 Å². The third kappa shape index (κ3) is 9.49. The Morgan fingerprint density at radius 3 is 2.25 bits per heavy atom. The highest BCUT2D eigenvalue weighted by molar-refractivity contribution is 7.21. The monoisotopic (exact) mass is 529 g/mol. The number of hydrogen-bond acceptors (Lipinski definition) is 9. The number of nitrogens with one attached hydrogen (secondary N) is 2. The number of rotatable bonds is 5. The summed E-state index contributed by atoms with van der Waals surface area (Å²) in [5.74, 6) is -1.16. The van der Waals surface area contributed by atoms with Crippen LogP contribution in [0.2, 0.25) is 0 Å². The summed E-state index contributed by atoms with van der Waals surface area (Å²) in [6.07, 6.45) is -2.75. The van der Waals surface area contributed by atoms with Gasteiger partial charge in [-0.2, -0.15) is 18.2 Å². The number of alkyl halides is 3. The summed E-state index contributed by atoms with van der Waals surface area (Å²) in [6.45, 7) is 7.12. The lowest BCUT2D eigenvalue weighted by Crippen LogP contribution is -2.24. The SMILES string of the molecule is CC.CC(C)(O)O.Cc1nc(NCC(F)(F)F)nc(NC2CCC(O)C2)c1-c1nc2ccccc2s1. The molecule has 1 aliphatic rings. The lowest BCUT2D eigenvalue weighted by atomic mass is 10.2. The van der Waals surface area contributed by atoms with E-state index in [0.29, 0.717) is 34.9 Å². The number of aliphatic hydroxyl groups excluding tert-OH is 1. The Bertz CT molecular complexity index is 1080. The molecule has 1 saturated carbocycles. The molecule has 0 aliphatic heterocycles. The van der Waals surface area contributed by atoms with Gasteiger partial charge in [-0.15, -0.1) is 11.3 Å². The van der Waals surface area contributed by atoms with Crippen molar-refractivity contribution in [2.45, 2.75) is 78.0 Å². The van der Waals surface area contributed by atoms with Crippen molar-refractivity contribution < 1.29 is 28.5 Å². The van der Waals surface area contributed by atoms with Gasteiger partial charge in [0.25, 0.3) is 0 Å². The number of thiazole rings is 1. The minimum Gasteiger partial charge on any atom is -0.393 e. The third-order valence-corrected chi connectivity index (χ3v) is 5.84. The number of anilines is 2. The van der Waals surface area contributed by atoms with E-state index in [2.05, 4.69) is 25.6 Å². The van der Waals surface area contributed by atoms with Crippen LogP contribution in [0.4, 0.5) is 24.9 Å². The second-order valence-corrected chi connectivity index (χ2v) is 9.64. The summed E-state index contributed by atoms with van der Waals surface area (Å²) in [4.78, 5) is 13.2. The van der Waals surface area contributed by atoms with Gasteiger partial charge in [0.2, 0.25) is 5.95 Å². The molecule has 0 radical (unpaired) electrons. The minimum atomic E-state index is -4.37. The Labute approximate surface area is 212 Å². The summed E-state index contributed by atoms with van der Waals surface area (Å²) < 4.78 is 38.8. The number of fused-ring (bicyclic) bond motifs is 1. The van der Waals surface area contributed by atoms with E-state index in [-0.39, 0.29) is 18.1 Å². The zero-order valence-corrected chi connectivity index (χ0v) is 21.8. The van der Waals surface area contributed by atoms with Crippen molar-refractivity contribution in [3.63, 3.8) is 0 Å². The van der Waals surface area contributed by atoms with Crippen LogP contribution in [0.1, 0.15) is 52.7 Å². The molecular formula is C24H34F3N5O3S. The molecule has 0 bridgehead atoms. The third-order valence-electron chi connectivity index (χ3n) is 4.79. The van der Waals surface area contributed by atoms with E-state index < -0.39 is 18.5 Å². The first-order valence-corrected chi connectivity index (χ1v) is 12.5. The molecule has 1 fully saturated rings. The minimum absolute atomic E-state index is 0.0112. The maximum Gasteiger partial charge on any atom is 0.405 e. The first-order chi connectivity index (χ1) is 16.8. The second kappa shape index (κ2) is 12.6. The maximum absolute atomic E-state index is 12.6. The van der Waals surface area contributed by atoms with Gasteiger partial charge < -0.3 is 26.0 Å². The van der Waals surface area contributed by atoms with Crippen LogP contribution in [0.5, 0.6) is 0 Å². The van der Waals surface area contributed by atoms with Crippen molar-refractivity contribution >= 4 is 33.3 Å². The topological polar surface area (TPSA) is 123 Å². The normalized spacial score (nSPS) is 17.6. The molecule has 0 amide bonds. The highest BCUT2D eigenvalue weighted by atomic mass is 32.1. The van der Waals surface area contributed by atoms with E-state index in [1.807, 2.05) is 38.1 Å². The largest absolute Gasteiger partial charge is 0.405 e. The van der Waals surface area contributed by atoms with Gasteiger partial charge in [-0.05, 0) is 52.2 Å². The number of aryl methyl sites for hydroxylation is 1. The summed E-state index contributed by atoms with van der Waals surface area (Å²) in [7, 11) is 0. The molecule has 2 heterocycles. The summed E-state index contributed by atoms with van der Waals surface area (Å²) in [5.41, 5.74) is 2.04. The zero-order valence-electron chi connectivity index (χ0n) is 21.0. The fraction of sp³-hybridized carbons (Fsp3) is 0.542. The van der Waals surface area contributed by atoms with E-state index in [4.69, 9.17) is 10.2 Å². The highest BCUT2D eigenvalue weighted by Crippen LogP contribution is 2.37. The molecule has 1 aliphatic carbocycles. The van der Waals surface area contributed by atoms with Gasteiger partial charge in [0, 0.05) is 6.04 Å². The van der Waals surface area contributed by atoms with Crippen molar-refractivity contribution in [3.8, 4) is 10.6 Å². The average Bonchev–Trinajstić information content (AvgIpc) is 3.37. The van der Waals surface area contributed by atoms with E-state index in [0.717, 1.165) is 16.6 Å². The van der Waals surface area contributed by atoms with Crippen LogP contribution in [0, 0.1) is 6.92 Å². The van der Waals surface area contributed by atoms with Crippen molar-refractivity contribution in [1.29, 1.82) is 0 Å². The summed E-state index contributed by atoms with van der Waals surface area (Å²) in [6, 6.07) is 7.69. The molecule has 2 unspecified atom stereocenters. The van der Waals surface area contributed by atoms with Gasteiger partial charge in [-0.25, -0.2) is 9.97 Å². The average molecular weight is 530 g/mol. The van der Waals surface area contributed by atoms with Crippen molar-refractivity contribution in [2.24, 2.45) is 0 Å². The van der Waals surface area contributed by atoms with E-state index in [9.17, 15) is 18.3 Å². The van der Waals surface area contributed by atoms with Crippen LogP contribution in [0.25, 0.3) is 20.8 Å². The van der Waals surface area contributed by atoms with Crippen LogP contribution in [-0.2, 0) is 0 Å².